The molecule has 0 radical (unpaired) electrons. The van der Waals surface area contributed by atoms with Gasteiger partial charge in [-0.3, -0.25) is 14.4 Å². The summed E-state index contributed by atoms with van der Waals surface area (Å²) in [6, 6.07) is 9.42. The Morgan fingerprint density at radius 3 is 2.50 bits per heavy atom. The smallest absolute Gasteiger partial charge is 0.287 e. The van der Waals surface area contributed by atoms with E-state index >= 15 is 0 Å². The van der Waals surface area contributed by atoms with Crippen LogP contribution in [0.2, 0.25) is 5.02 Å². The molecule has 1 atom stereocenters. The molecule has 10 nitrogen and oxygen atoms in total. The number of nitrogens with zero attached hydrogens (tertiary/aromatic N) is 5. The van der Waals surface area contributed by atoms with Crippen LogP contribution in [0.5, 0.6) is 0 Å². The van der Waals surface area contributed by atoms with E-state index in [4.69, 9.17) is 11.6 Å². The van der Waals surface area contributed by atoms with Crippen LogP contribution in [0, 0.1) is 11.6 Å². The van der Waals surface area contributed by atoms with Crippen molar-refractivity contribution >= 4 is 56.6 Å². The van der Waals surface area contributed by atoms with Gasteiger partial charge < -0.3 is 15.2 Å². The van der Waals surface area contributed by atoms with Crippen LogP contribution in [-0.2, 0) is 17.9 Å². The van der Waals surface area contributed by atoms with E-state index in [-0.39, 0.29) is 46.9 Å². The van der Waals surface area contributed by atoms with E-state index in [1.54, 1.807) is 13.0 Å². The summed E-state index contributed by atoms with van der Waals surface area (Å²) in [6.45, 7) is 2.69. The Morgan fingerprint density at radius 2 is 1.76 bits per heavy atom. The molecular weight excluding hydrogens is 588 g/mol. The number of amides is 2. The highest BCUT2D eigenvalue weighted by molar-refractivity contribution is 7.13. The minimum Gasteiger partial charge on any atom is -0.342 e. The van der Waals surface area contributed by atoms with Crippen molar-refractivity contribution in [2.24, 2.45) is 0 Å². The molecule has 2 amide bonds. The number of fused-ring (bicyclic) bond motifs is 1. The van der Waals surface area contributed by atoms with Gasteiger partial charge in [0, 0.05) is 28.7 Å². The summed E-state index contributed by atoms with van der Waals surface area (Å²) >= 11 is 7.43. The number of benzene rings is 2. The highest BCUT2D eigenvalue weighted by atomic mass is 35.5. The zero-order chi connectivity index (χ0) is 30.0. The molecule has 0 spiro atoms. The molecule has 0 unspecified atom stereocenters. The highest BCUT2D eigenvalue weighted by Crippen LogP contribution is 2.36. The summed E-state index contributed by atoms with van der Waals surface area (Å²) in [4.78, 5) is 51.8. The van der Waals surface area contributed by atoms with Crippen molar-refractivity contribution in [3.63, 3.8) is 0 Å². The Bertz CT molecular complexity index is 1830. The van der Waals surface area contributed by atoms with Crippen LogP contribution in [0.3, 0.4) is 0 Å². The number of ketones is 1. The number of hydrogen-bond acceptors (Lipinski definition) is 8. The number of rotatable bonds is 9. The van der Waals surface area contributed by atoms with Crippen LogP contribution in [-0.4, -0.2) is 41.5 Å². The molecule has 42 heavy (non-hydrogen) atoms. The third-order valence-electron chi connectivity index (χ3n) is 6.33. The first kappa shape index (κ1) is 28.9. The molecule has 2 N–H and O–H groups in total. The van der Waals surface area contributed by atoms with Crippen LogP contribution in [0.1, 0.15) is 58.0 Å². The van der Waals surface area contributed by atoms with Crippen LogP contribution >= 0.6 is 23.1 Å². The largest absolute Gasteiger partial charge is 0.342 e. The van der Waals surface area contributed by atoms with Crippen molar-refractivity contribution < 1.29 is 23.2 Å². The zero-order valence-corrected chi connectivity index (χ0v) is 23.8. The molecule has 0 fully saturated rings. The standard InChI is InChI=1S/C28H22ClF2N7O3S/c1-14(39)13-38-24(15(2)18-10-16(30)4-6-20(18)29)25(35-26(38)28(41)34-12-22-32-8-3-9-33-22)36-27(40)23-19-11-17(31)5-7-21(19)42-37-23/h3-11,15H,12-13H2,1-2H3,(H,34,41)(H,36,40)/t15-/m1/s1. The van der Waals surface area contributed by atoms with E-state index in [1.807, 2.05) is 0 Å². The second-order valence-electron chi connectivity index (χ2n) is 9.32. The fourth-order valence-corrected chi connectivity index (χ4v) is 5.48. The SMILES string of the molecule is CC(=O)Cn1c(C(=O)NCc2ncccn2)nc(NC(=O)c2nsc3ccc(F)cc23)c1[C@H](C)c1cc(F)ccc1Cl. The summed E-state index contributed by atoms with van der Waals surface area (Å²) in [7, 11) is 0. The minimum atomic E-state index is -0.751. The van der Waals surface area contributed by atoms with Gasteiger partial charge in [-0.05, 0) is 66.5 Å². The van der Waals surface area contributed by atoms with Crippen molar-refractivity contribution in [3.8, 4) is 0 Å². The lowest BCUT2D eigenvalue weighted by atomic mass is 9.96. The van der Waals surface area contributed by atoms with Crippen LogP contribution in [0.15, 0.2) is 54.9 Å². The monoisotopic (exact) mass is 609 g/mol. The number of halogens is 3. The van der Waals surface area contributed by atoms with E-state index in [0.29, 0.717) is 21.5 Å². The summed E-state index contributed by atoms with van der Waals surface area (Å²) in [5.41, 5.74) is 0.505. The third-order valence-corrected chi connectivity index (χ3v) is 7.50. The van der Waals surface area contributed by atoms with Crippen molar-refractivity contribution in [1.29, 1.82) is 0 Å². The Kier molecular flexibility index (Phi) is 8.31. The first-order chi connectivity index (χ1) is 20.1. The maximum atomic E-state index is 14.3. The fourth-order valence-electron chi connectivity index (χ4n) is 4.45. The van der Waals surface area contributed by atoms with E-state index in [0.717, 1.165) is 11.5 Å². The van der Waals surface area contributed by atoms with E-state index in [2.05, 4.69) is 30.0 Å². The normalized spacial score (nSPS) is 11.8. The number of hydrogen-bond donors (Lipinski definition) is 2. The molecular formula is C28H22ClF2N7O3S. The average molecular weight is 610 g/mol. The minimum absolute atomic E-state index is 0.0364. The lowest BCUT2D eigenvalue weighted by Gasteiger charge is -2.19. The van der Waals surface area contributed by atoms with Gasteiger partial charge in [-0.25, -0.2) is 23.7 Å². The molecule has 5 aromatic rings. The van der Waals surface area contributed by atoms with Crippen molar-refractivity contribution in [3.05, 3.63) is 100 Å². The fraction of sp³-hybridized carbons (Fsp3) is 0.179. The number of imidazole rings is 1. The van der Waals surface area contributed by atoms with Crippen LogP contribution in [0.25, 0.3) is 10.1 Å². The maximum absolute atomic E-state index is 14.3. The summed E-state index contributed by atoms with van der Waals surface area (Å²) in [5, 5.41) is 5.86. The van der Waals surface area contributed by atoms with Crippen LogP contribution in [0.4, 0.5) is 14.6 Å². The first-order valence-electron chi connectivity index (χ1n) is 12.6. The number of aromatic nitrogens is 5. The molecule has 5 rings (SSSR count). The predicted octanol–water partition coefficient (Wildman–Crippen LogP) is 5.14. The molecule has 3 heterocycles. The molecule has 0 aliphatic heterocycles. The quantitative estimate of drug-likeness (QED) is 0.237. The molecule has 214 valence electrons. The summed E-state index contributed by atoms with van der Waals surface area (Å²) in [5.74, 6) is -3.49. The van der Waals surface area contributed by atoms with Gasteiger partial charge in [0.15, 0.2) is 5.82 Å². The Labute approximate surface area is 247 Å². The molecule has 3 aromatic heterocycles. The number of nitrogens with one attached hydrogen (secondary N) is 2. The number of anilines is 1. The topological polar surface area (TPSA) is 132 Å². The van der Waals surface area contributed by atoms with E-state index < -0.39 is 29.4 Å². The highest BCUT2D eigenvalue weighted by Gasteiger charge is 2.30. The zero-order valence-electron chi connectivity index (χ0n) is 22.2. The Morgan fingerprint density at radius 1 is 1.05 bits per heavy atom. The molecule has 0 saturated carbocycles. The maximum Gasteiger partial charge on any atom is 0.287 e. The van der Waals surface area contributed by atoms with Crippen LogP contribution < -0.4 is 10.6 Å². The third kappa shape index (κ3) is 6.02. The van der Waals surface area contributed by atoms with Gasteiger partial charge in [-0.2, -0.15) is 4.37 Å². The van der Waals surface area contributed by atoms with Gasteiger partial charge >= 0.3 is 0 Å². The number of Topliss-reactive ketones (excluding diaryl/α,β-unsaturated/α-hetero) is 1. The molecule has 0 aliphatic carbocycles. The van der Waals surface area contributed by atoms with Gasteiger partial charge in [-0.1, -0.05) is 18.5 Å². The Balaban J connectivity index is 1.61. The molecule has 14 heteroatoms. The molecule has 0 bridgehead atoms. The van der Waals surface area contributed by atoms with Gasteiger partial charge in [0.1, 0.15) is 28.9 Å². The lowest BCUT2D eigenvalue weighted by Crippen LogP contribution is -2.28. The number of carbonyl (C=O) groups is 3. The predicted molar refractivity (Wildman–Crippen MR) is 153 cm³/mol. The van der Waals surface area contributed by atoms with Gasteiger partial charge in [0.25, 0.3) is 11.8 Å². The lowest BCUT2D eigenvalue weighted by molar-refractivity contribution is -0.117. The van der Waals surface area contributed by atoms with Crippen molar-refractivity contribution in [2.45, 2.75) is 32.9 Å². The summed E-state index contributed by atoms with van der Waals surface area (Å²) in [6.07, 6.45) is 3.05. The second kappa shape index (κ2) is 12.1. The average Bonchev–Trinajstić information content (AvgIpc) is 3.54. The van der Waals surface area contributed by atoms with E-state index in [9.17, 15) is 23.2 Å². The summed E-state index contributed by atoms with van der Waals surface area (Å²) < 4.78 is 34.4. The van der Waals surface area contributed by atoms with Crippen molar-refractivity contribution in [1.82, 2.24) is 29.2 Å². The molecule has 0 saturated heterocycles. The first-order valence-corrected chi connectivity index (χ1v) is 13.7. The van der Waals surface area contributed by atoms with E-state index in [1.165, 1.54) is 60.3 Å². The molecule has 2 aromatic carbocycles. The number of carbonyl (C=O) groups excluding carboxylic acids is 3. The van der Waals surface area contributed by atoms with Gasteiger partial charge in [0.2, 0.25) is 5.82 Å². The Hall–Kier alpha value is -4.62. The second-order valence-corrected chi connectivity index (χ2v) is 10.5. The van der Waals surface area contributed by atoms with Gasteiger partial charge in [0.05, 0.1) is 23.5 Å². The molecule has 0 aliphatic rings. The van der Waals surface area contributed by atoms with Crippen molar-refractivity contribution in [2.75, 3.05) is 5.32 Å². The van der Waals surface area contributed by atoms with Gasteiger partial charge in [-0.15, -0.1) is 0 Å².